The number of carbonyl (C=O) groups is 1. The van der Waals surface area contributed by atoms with E-state index in [2.05, 4.69) is 15.6 Å². The standard InChI is InChI=1S/C13H21N3O2/c1-10-8-15-12(18-10)9-16-13(17)11-6-4-2-3-5-7-14-11/h8,11,14H,2-7,9H2,1H3,(H,16,17). The van der Waals surface area contributed by atoms with Gasteiger partial charge in [-0.15, -0.1) is 0 Å². The van der Waals surface area contributed by atoms with Crippen LogP contribution >= 0.6 is 0 Å². The van der Waals surface area contributed by atoms with Gasteiger partial charge in [-0.3, -0.25) is 4.79 Å². The van der Waals surface area contributed by atoms with Gasteiger partial charge in [0.15, 0.2) is 0 Å². The molecule has 1 aromatic rings. The molecule has 0 aromatic carbocycles. The summed E-state index contributed by atoms with van der Waals surface area (Å²) in [5, 5.41) is 6.17. The quantitative estimate of drug-likeness (QED) is 0.854. The van der Waals surface area contributed by atoms with Gasteiger partial charge in [0.05, 0.1) is 18.8 Å². The highest BCUT2D eigenvalue weighted by Gasteiger charge is 2.18. The van der Waals surface area contributed by atoms with Crippen molar-refractivity contribution < 1.29 is 9.21 Å². The minimum absolute atomic E-state index is 0.0488. The van der Waals surface area contributed by atoms with Crippen LogP contribution in [-0.4, -0.2) is 23.5 Å². The van der Waals surface area contributed by atoms with Crippen LogP contribution < -0.4 is 10.6 Å². The smallest absolute Gasteiger partial charge is 0.237 e. The molecule has 1 saturated heterocycles. The third-order valence-electron chi connectivity index (χ3n) is 3.21. The van der Waals surface area contributed by atoms with E-state index in [9.17, 15) is 4.79 Å². The molecule has 1 aliphatic heterocycles. The van der Waals surface area contributed by atoms with Crippen molar-refractivity contribution in [2.75, 3.05) is 6.54 Å². The van der Waals surface area contributed by atoms with Gasteiger partial charge in [-0.1, -0.05) is 19.3 Å². The zero-order valence-electron chi connectivity index (χ0n) is 10.9. The molecular formula is C13H21N3O2. The highest BCUT2D eigenvalue weighted by atomic mass is 16.4. The highest BCUT2D eigenvalue weighted by molar-refractivity contribution is 5.81. The second-order valence-electron chi connectivity index (χ2n) is 4.79. The number of rotatable bonds is 3. The van der Waals surface area contributed by atoms with Crippen molar-refractivity contribution in [3.8, 4) is 0 Å². The number of aromatic nitrogens is 1. The van der Waals surface area contributed by atoms with Crippen molar-refractivity contribution in [1.29, 1.82) is 0 Å². The Bertz CT molecular complexity index is 381. The SMILES string of the molecule is Cc1cnc(CNC(=O)C2CCCCCCN2)o1. The normalized spacial score (nSPS) is 21.1. The maximum Gasteiger partial charge on any atom is 0.237 e. The van der Waals surface area contributed by atoms with Crippen molar-refractivity contribution in [1.82, 2.24) is 15.6 Å². The Hall–Kier alpha value is -1.36. The molecule has 0 bridgehead atoms. The minimum Gasteiger partial charge on any atom is -0.444 e. The largest absolute Gasteiger partial charge is 0.444 e. The fourth-order valence-corrected chi connectivity index (χ4v) is 2.20. The highest BCUT2D eigenvalue weighted by Crippen LogP contribution is 2.10. The molecule has 5 heteroatoms. The van der Waals surface area contributed by atoms with Crippen molar-refractivity contribution in [3.05, 3.63) is 17.8 Å². The third-order valence-corrected chi connectivity index (χ3v) is 3.21. The van der Waals surface area contributed by atoms with Crippen LogP contribution in [0.2, 0.25) is 0 Å². The summed E-state index contributed by atoms with van der Waals surface area (Å²) in [6, 6.07) is -0.0682. The van der Waals surface area contributed by atoms with E-state index >= 15 is 0 Å². The molecule has 18 heavy (non-hydrogen) atoms. The summed E-state index contributed by atoms with van der Waals surface area (Å²) in [4.78, 5) is 16.1. The molecular weight excluding hydrogens is 230 g/mol. The van der Waals surface area contributed by atoms with Crippen LogP contribution in [-0.2, 0) is 11.3 Å². The lowest BCUT2D eigenvalue weighted by atomic mass is 10.0. The van der Waals surface area contributed by atoms with E-state index in [0.717, 1.165) is 31.6 Å². The van der Waals surface area contributed by atoms with Gasteiger partial charge in [0.2, 0.25) is 11.8 Å². The first-order valence-corrected chi connectivity index (χ1v) is 6.68. The predicted molar refractivity (Wildman–Crippen MR) is 68.0 cm³/mol. The van der Waals surface area contributed by atoms with Gasteiger partial charge in [0.1, 0.15) is 5.76 Å². The molecule has 0 aliphatic carbocycles. The zero-order valence-corrected chi connectivity index (χ0v) is 10.9. The van der Waals surface area contributed by atoms with Crippen molar-refractivity contribution in [2.45, 2.75) is 51.6 Å². The van der Waals surface area contributed by atoms with E-state index in [0.29, 0.717) is 12.4 Å². The van der Waals surface area contributed by atoms with Crippen molar-refractivity contribution in [2.24, 2.45) is 0 Å². The number of aryl methyl sites for hydroxylation is 1. The Labute approximate surface area is 107 Å². The van der Waals surface area contributed by atoms with Crippen LogP contribution in [0.4, 0.5) is 0 Å². The van der Waals surface area contributed by atoms with E-state index in [1.54, 1.807) is 6.20 Å². The van der Waals surface area contributed by atoms with E-state index in [4.69, 9.17) is 4.42 Å². The van der Waals surface area contributed by atoms with Crippen LogP contribution in [0.5, 0.6) is 0 Å². The average Bonchev–Trinajstić information content (AvgIpc) is 2.72. The van der Waals surface area contributed by atoms with Gasteiger partial charge < -0.3 is 15.1 Å². The number of hydrogen-bond donors (Lipinski definition) is 2. The summed E-state index contributed by atoms with van der Waals surface area (Å²) in [6.07, 6.45) is 7.33. The number of carbonyl (C=O) groups excluding carboxylic acids is 1. The first-order chi connectivity index (χ1) is 8.75. The molecule has 1 aromatic heterocycles. The maximum absolute atomic E-state index is 12.0. The fraction of sp³-hybridized carbons (Fsp3) is 0.692. The Balaban J connectivity index is 1.79. The monoisotopic (exact) mass is 251 g/mol. The fourth-order valence-electron chi connectivity index (χ4n) is 2.20. The molecule has 0 radical (unpaired) electrons. The Morgan fingerprint density at radius 1 is 1.50 bits per heavy atom. The molecule has 2 rings (SSSR count). The van der Waals surface area contributed by atoms with Crippen LogP contribution in [0.3, 0.4) is 0 Å². The van der Waals surface area contributed by atoms with Gasteiger partial charge in [0, 0.05) is 0 Å². The molecule has 1 aliphatic rings. The lowest BCUT2D eigenvalue weighted by molar-refractivity contribution is -0.123. The number of nitrogens with zero attached hydrogens (tertiary/aromatic N) is 1. The van der Waals surface area contributed by atoms with Crippen LogP contribution in [0.15, 0.2) is 10.6 Å². The van der Waals surface area contributed by atoms with Crippen molar-refractivity contribution in [3.63, 3.8) is 0 Å². The number of hydrogen-bond acceptors (Lipinski definition) is 4. The Kier molecular flexibility index (Phi) is 4.75. The molecule has 0 spiro atoms. The van der Waals surface area contributed by atoms with E-state index in [-0.39, 0.29) is 11.9 Å². The van der Waals surface area contributed by atoms with Gasteiger partial charge >= 0.3 is 0 Å². The van der Waals surface area contributed by atoms with E-state index in [1.807, 2.05) is 6.92 Å². The van der Waals surface area contributed by atoms with Crippen LogP contribution in [0.25, 0.3) is 0 Å². The second kappa shape index (κ2) is 6.54. The van der Waals surface area contributed by atoms with E-state index < -0.39 is 0 Å². The molecule has 2 heterocycles. The van der Waals surface area contributed by atoms with Gasteiger partial charge in [-0.25, -0.2) is 4.98 Å². The predicted octanol–water partition coefficient (Wildman–Crippen LogP) is 1.52. The molecule has 2 N–H and O–H groups in total. The van der Waals surface area contributed by atoms with Gasteiger partial charge in [-0.2, -0.15) is 0 Å². The summed E-state index contributed by atoms with van der Waals surface area (Å²) in [5.74, 6) is 1.38. The lowest BCUT2D eigenvalue weighted by Crippen LogP contribution is -2.44. The Morgan fingerprint density at radius 2 is 2.33 bits per heavy atom. The summed E-state index contributed by atoms with van der Waals surface area (Å²) in [6.45, 7) is 3.13. The molecule has 1 unspecified atom stereocenters. The molecule has 1 fully saturated rings. The number of oxazole rings is 1. The third kappa shape index (κ3) is 3.84. The molecule has 1 amide bonds. The number of nitrogens with one attached hydrogen (secondary N) is 2. The van der Waals surface area contributed by atoms with Gasteiger partial charge in [0.25, 0.3) is 0 Å². The summed E-state index contributed by atoms with van der Waals surface area (Å²) in [5.41, 5.74) is 0. The first kappa shape index (κ1) is 13.1. The Morgan fingerprint density at radius 3 is 3.11 bits per heavy atom. The first-order valence-electron chi connectivity index (χ1n) is 6.68. The summed E-state index contributed by atoms with van der Waals surface area (Å²) in [7, 11) is 0. The molecule has 0 saturated carbocycles. The molecule has 1 atom stereocenters. The van der Waals surface area contributed by atoms with Crippen LogP contribution in [0.1, 0.15) is 43.8 Å². The molecule has 5 nitrogen and oxygen atoms in total. The topological polar surface area (TPSA) is 67.2 Å². The minimum atomic E-state index is -0.0682. The second-order valence-corrected chi connectivity index (χ2v) is 4.79. The summed E-state index contributed by atoms with van der Waals surface area (Å²) < 4.78 is 5.32. The molecule has 100 valence electrons. The summed E-state index contributed by atoms with van der Waals surface area (Å²) >= 11 is 0. The van der Waals surface area contributed by atoms with Gasteiger partial charge in [-0.05, 0) is 26.3 Å². The van der Waals surface area contributed by atoms with Crippen LogP contribution in [0, 0.1) is 6.92 Å². The van der Waals surface area contributed by atoms with Crippen molar-refractivity contribution >= 4 is 5.91 Å². The van der Waals surface area contributed by atoms with E-state index in [1.165, 1.54) is 12.8 Å². The average molecular weight is 251 g/mol. The maximum atomic E-state index is 12.0. The zero-order chi connectivity index (χ0) is 12.8. The number of amides is 1. The lowest BCUT2D eigenvalue weighted by Gasteiger charge is -2.20.